The van der Waals surface area contributed by atoms with Crippen molar-refractivity contribution in [2.24, 2.45) is 0 Å². The molecule has 1 aliphatic heterocycles. The second kappa shape index (κ2) is 3.90. The van der Waals surface area contributed by atoms with Gasteiger partial charge in [0.05, 0.1) is 7.11 Å². The fourth-order valence-corrected chi connectivity index (χ4v) is 2.06. The van der Waals surface area contributed by atoms with Crippen molar-refractivity contribution < 1.29 is 19.1 Å². The van der Waals surface area contributed by atoms with Crippen LogP contribution in [0.2, 0.25) is 0 Å². The van der Waals surface area contributed by atoms with Gasteiger partial charge in [-0.1, -0.05) is 0 Å². The summed E-state index contributed by atoms with van der Waals surface area (Å²) < 4.78 is 4.42. The van der Waals surface area contributed by atoms with E-state index < -0.39 is 17.8 Å². The number of thiophene rings is 1. The fraction of sp³-hybridized carbons (Fsp3) is 0.100. The van der Waals surface area contributed by atoms with Crippen molar-refractivity contribution in [2.75, 3.05) is 12.0 Å². The molecule has 0 aliphatic carbocycles. The molecule has 0 N–H and O–H groups in total. The average molecular weight is 237 g/mol. The van der Waals surface area contributed by atoms with Gasteiger partial charge in [-0.3, -0.25) is 9.59 Å². The number of rotatable bonds is 2. The van der Waals surface area contributed by atoms with Gasteiger partial charge >= 0.3 is 5.97 Å². The van der Waals surface area contributed by atoms with Crippen LogP contribution in [-0.4, -0.2) is 24.9 Å². The van der Waals surface area contributed by atoms with Crippen molar-refractivity contribution in [1.82, 2.24) is 0 Å². The number of nitrogens with zero attached hydrogens (tertiary/aromatic N) is 1. The first kappa shape index (κ1) is 10.6. The van der Waals surface area contributed by atoms with Crippen molar-refractivity contribution >= 4 is 34.1 Å². The number of hydrogen-bond acceptors (Lipinski definition) is 5. The van der Waals surface area contributed by atoms with Crippen molar-refractivity contribution in [1.29, 1.82) is 0 Å². The number of carbonyl (C=O) groups is 3. The van der Waals surface area contributed by atoms with E-state index in [0.717, 1.165) is 18.1 Å². The van der Waals surface area contributed by atoms with Gasteiger partial charge in [0.1, 0.15) is 10.6 Å². The number of methoxy groups -OCH3 is 1. The summed E-state index contributed by atoms with van der Waals surface area (Å²) in [6.45, 7) is 0. The summed E-state index contributed by atoms with van der Waals surface area (Å²) in [5, 5.41) is 2.23. The minimum atomic E-state index is -0.794. The van der Waals surface area contributed by atoms with Gasteiger partial charge in [0.2, 0.25) is 0 Å². The van der Waals surface area contributed by atoms with Crippen LogP contribution in [0.15, 0.2) is 29.2 Å². The van der Waals surface area contributed by atoms with E-state index in [2.05, 4.69) is 4.74 Å². The minimum Gasteiger partial charge on any atom is -0.465 e. The topological polar surface area (TPSA) is 63.7 Å². The molecule has 16 heavy (non-hydrogen) atoms. The minimum absolute atomic E-state index is 0.235. The summed E-state index contributed by atoms with van der Waals surface area (Å²) in [7, 11) is 1.16. The maximum Gasteiger partial charge on any atom is 0.343 e. The zero-order valence-electron chi connectivity index (χ0n) is 8.30. The lowest BCUT2D eigenvalue weighted by Crippen LogP contribution is -2.31. The molecule has 1 aromatic heterocycles. The molecule has 2 heterocycles. The van der Waals surface area contributed by atoms with E-state index in [9.17, 15) is 14.4 Å². The first-order valence-corrected chi connectivity index (χ1v) is 5.25. The average Bonchev–Trinajstić information content (AvgIpc) is 2.86. The van der Waals surface area contributed by atoms with E-state index in [-0.39, 0.29) is 5.57 Å². The third-order valence-corrected chi connectivity index (χ3v) is 2.91. The summed E-state index contributed by atoms with van der Waals surface area (Å²) in [5.41, 5.74) is -0.235. The van der Waals surface area contributed by atoms with E-state index in [4.69, 9.17) is 0 Å². The Morgan fingerprint density at radius 1 is 1.44 bits per heavy atom. The van der Waals surface area contributed by atoms with Crippen LogP contribution in [0.1, 0.15) is 0 Å². The normalized spacial score (nSPS) is 15.3. The molecule has 0 spiro atoms. The lowest BCUT2D eigenvalue weighted by molar-refractivity contribution is -0.137. The predicted octanol–water partition coefficient (Wildman–Crippen LogP) is 0.721. The van der Waals surface area contributed by atoms with E-state index in [1.165, 1.54) is 11.3 Å². The van der Waals surface area contributed by atoms with Crippen LogP contribution in [0.4, 0.5) is 5.00 Å². The number of ether oxygens (including phenoxy) is 1. The first-order chi connectivity index (χ1) is 7.65. The van der Waals surface area contributed by atoms with Crippen LogP contribution < -0.4 is 4.90 Å². The molecule has 0 aromatic carbocycles. The van der Waals surface area contributed by atoms with Crippen LogP contribution in [0.5, 0.6) is 0 Å². The summed E-state index contributed by atoms with van der Waals surface area (Å²) in [6.07, 6.45) is 0.994. The largest absolute Gasteiger partial charge is 0.465 e. The van der Waals surface area contributed by atoms with Crippen molar-refractivity contribution in [3.05, 3.63) is 29.2 Å². The van der Waals surface area contributed by atoms with Crippen LogP contribution in [-0.2, 0) is 19.1 Å². The van der Waals surface area contributed by atoms with E-state index in [1.54, 1.807) is 17.5 Å². The molecule has 6 heteroatoms. The monoisotopic (exact) mass is 237 g/mol. The Labute approximate surface area is 94.9 Å². The molecule has 0 saturated carbocycles. The molecular formula is C10H7NO4S. The standard InChI is InChI=1S/C10H7NO4S/c1-15-10(14)6-5-7(12)11(9(6)13)8-3-2-4-16-8/h2-5H,1H3. The maximum atomic E-state index is 11.8. The Hall–Kier alpha value is -1.95. The van der Waals surface area contributed by atoms with E-state index in [1.807, 2.05) is 0 Å². The Bertz CT molecular complexity index is 489. The van der Waals surface area contributed by atoms with Gasteiger partial charge in [-0.2, -0.15) is 0 Å². The van der Waals surface area contributed by atoms with Gasteiger partial charge in [-0.05, 0) is 17.5 Å². The molecular weight excluding hydrogens is 230 g/mol. The lowest BCUT2D eigenvalue weighted by atomic mass is 10.3. The lowest BCUT2D eigenvalue weighted by Gasteiger charge is -2.10. The zero-order valence-corrected chi connectivity index (χ0v) is 9.11. The quantitative estimate of drug-likeness (QED) is 0.432. The summed E-state index contributed by atoms with van der Waals surface area (Å²) in [4.78, 5) is 35.5. The number of amides is 2. The molecule has 2 rings (SSSR count). The predicted molar refractivity (Wildman–Crippen MR) is 56.9 cm³/mol. The number of esters is 1. The Morgan fingerprint density at radius 2 is 2.19 bits per heavy atom. The highest BCUT2D eigenvalue weighted by atomic mass is 32.1. The van der Waals surface area contributed by atoms with E-state index in [0.29, 0.717) is 5.00 Å². The van der Waals surface area contributed by atoms with Gasteiger partial charge in [-0.25, -0.2) is 9.69 Å². The molecule has 82 valence electrons. The SMILES string of the molecule is COC(=O)C1=CC(=O)N(c2cccs2)C1=O. The van der Waals surface area contributed by atoms with Gasteiger partial charge < -0.3 is 4.74 Å². The third-order valence-electron chi connectivity index (χ3n) is 2.05. The molecule has 0 fully saturated rings. The van der Waals surface area contributed by atoms with Gasteiger partial charge in [0.15, 0.2) is 0 Å². The highest BCUT2D eigenvalue weighted by Gasteiger charge is 2.37. The zero-order chi connectivity index (χ0) is 11.7. The fourth-order valence-electron chi connectivity index (χ4n) is 1.33. The number of carbonyl (C=O) groups excluding carboxylic acids is 3. The van der Waals surface area contributed by atoms with Crippen molar-refractivity contribution in [3.8, 4) is 0 Å². The number of hydrogen-bond donors (Lipinski definition) is 0. The van der Waals surface area contributed by atoms with Gasteiger partial charge in [0, 0.05) is 6.08 Å². The summed E-state index contributed by atoms with van der Waals surface area (Å²) in [5.74, 6) is -1.95. The van der Waals surface area contributed by atoms with Crippen LogP contribution >= 0.6 is 11.3 Å². The number of imide groups is 1. The number of anilines is 1. The molecule has 0 radical (unpaired) electrons. The smallest absolute Gasteiger partial charge is 0.343 e. The van der Waals surface area contributed by atoms with Crippen LogP contribution in [0.3, 0.4) is 0 Å². The van der Waals surface area contributed by atoms with Gasteiger partial charge in [-0.15, -0.1) is 11.3 Å². The van der Waals surface area contributed by atoms with Crippen LogP contribution in [0.25, 0.3) is 0 Å². The molecule has 0 atom stereocenters. The van der Waals surface area contributed by atoms with Crippen molar-refractivity contribution in [3.63, 3.8) is 0 Å². The Balaban J connectivity index is 2.33. The second-order valence-corrected chi connectivity index (χ2v) is 3.91. The van der Waals surface area contributed by atoms with Crippen LogP contribution in [0, 0.1) is 0 Å². The van der Waals surface area contributed by atoms with Gasteiger partial charge in [0.25, 0.3) is 11.8 Å². The molecule has 1 aliphatic rings. The van der Waals surface area contributed by atoms with E-state index >= 15 is 0 Å². The Kier molecular flexibility index (Phi) is 2.57. The molecule has 0 bridgehead atoms. The molecule has 1 aromatic rings. The highest BCUT2D eigenvalue weighted by Crippen LogP contribution is 2.27. The molecule has 0 unspecified atom stereocenters. The highest BCUT2D eigenvalue weighted by molar-refractivity contribution is 7.14. The second-order valence-electron chi connectivity index (χ2n) is 2.98. The third kappa shape index (κ3) is 1.53. The molecule has 2 amide bonds. The maximum absolute atomic E-state index is 11.8. The summed E-state index contributed by atoms with van der Waals surface area (Å²) >= 11 is 1.25. The Morgan fingerprint density at radius 3 is 2.75 bits per heavy atom. The molecule has 0 saturated heterocycles. The molecule has 5 nitrogen and oxygen atoms in total. The summed E-state index contributed by atoms with van der Waals surface area (Å²) in [6, 6.07) is 3.35. The van der Waals surface area contributed by atoms with Crippen molar-refractivity contribution in [2.45, 2.75) is 0 Å². The first-order valence-electron chi connectivity index (χ1n) is 4.37.